The van der Waals surface area contributed by atoms with Gasteiger partial charge in [0, 0.05) is 6.20 Å². The number of ether oxygens (including phenoxy) is 1. The Balaban J connectivity index is 2.26. The van der Waals surface area contributed by atoms with Gasteiger partial charge in [0.1, 0.15) is 0 Å². The molecule has 1 aromatic heterocycles. The van der Waals surface area contributed by atoms with E-state index >= 15 is 0 Å². The summed E-state index contributed by atoms with van der Waals surface area (Å²) in [4.78, 5) is 4.12. The topological polar surface area (TPSA) is 48.1 Å². The van der Waals surface area contributed by atoms with Gasteiger partial charge in [0.25, 0.3) is 0 Å². The number of anilines is 1. The lowest BCUT2D eigenvalue weighted by Gasteiger charge is -2.08. The van der Waals surface area contributed by atoms with E-state index in [1.54, 1.807) is 12.3 Å². The van der Waals surface area contributed by atoms with Crippen molar-refractivity contribution in [3.05, 3.63) is 18.0 Å². The molecule has 0 atom stereocenters. The second-order valence-corrected chi connectivity index (χ2v) is 3.13. The van der Waals surface area contributed by atoms with Gasteiger partial charge >= 0.3 is 0 Å². The Bertz CT molecular complexity index is 274. The summed E-state index contributed by atoms with van der Waals surface area (Å²) in [6, 6.07) is 1.77. The molecular formula is C9H12N2O. The third-order valence-corrected chi connectivity index (χ3v) is 1.92. The minimum absolute atomic E-state index is 0.384. The molecule has 1 aliphatic rings. The van der Waals surface area contributed by atoms with E-state index in [1.807, 2.05) is 6.92 Å². The van der Waals surface area contributed by atoms with E-state index in [2.05, 4.69) is 4.98 Å². The third kappa shape index (κ3) is 1.35. The molecule has 0 bridgehead atoms. The largest absolute Gasteiger partial charge is 0.486 e. The highest BCUT2D eigenvalue weighted by Gasteiger charge is 2.25. The molecule has 3 nitrogen and oxygen atoms in total. The summed E-state index contributed by atoms with van der Waals surface area (Å²) in [6.07, 6.45) is 4.38. The molecule has 0 radical (unpaired) electrons. The number of aryl methyl sites for hydroxylation is 1. The highest BCUT2D eigenvalue weighted by molar-refractivity contribution is 5.53. The minimum Gasteiger partial charge on any atom is -0.486 e. The summed E-state index contributed by atoms with van der Waals surface area (Å²) in [5.74, 6) is 0.764. The predicted molar refractivity (Wildman–Crippen MR) is 47.0 cm³/mol. The molecule has 2 rings (SSSR count). The van der Waals surface area contributed by atoms with Crippen LogP contribution in [0.5, 0.6) is 5.75 Å². The van der Waals surface area contributed by atoms with Crippen LogP contribution in [0.15, 0.2) is 12.3 Å². The summed E-state index contributed by atoms with van der Waals surface area (Å²) in [5, 5.41) is 0. The van der Waals surface area contributed by atoms with Crippen LogP contribution in [0.3, 0.4) is 0 Å². The van der Waals surface area contributed by atoms with Crippen LogP contribution in [0.25, 0.3) is 0 Å². The van der Waals surface area contributed by atoms with Gasteiger partial charge in [-0.3, -0.25) is 4.98 Å². The van der Waals surface area contributed by atoms with Crippen LogP contribution in [0.2, 0.25) is 0 Å². The standard InChI is InChI=1S/C9H12N2O/c1-6-9(12-7-2-3-7)8(10)4-5-11-6/h4-5,7H,2-3H2,1H3,(H2,10,11). The second kappa shape index (κ2) is 2.66. The molecule has 0 aromatic carbocycles. The molecule has 12 heavy (non-hydrogen) atoms. The van der Waals surface area contributed by atoms with Gasteiger partial charge in [-0.15, -0.1) is 0 Å². The van der Waals surface area contributed by atoms with E-state index in [1.165, 1.54) is 0 Å². The van der Waals surface area contributed by atoms with Crippen molar-refractivity contribution in [3.63, 3.8) is 0 Å². The van der Waals surface area contributed by atoms with Gasteiger partial charge in [0.15, 0.2) is 5.75 Å². The number of rotatable bonds is 2. The lowest BCUT2D eigenvalue weighted by molar-refractivity contribution is 0.301. The summed E-state index contributed by atoms with van der Waals surface area (Å²) in [5.41, 5.74) is 7.30. The van der Waals surface area contributed by atoms with Crippen LogP contribution >= 0.6 is 0 Å². The third-order valence-electron chi connectivity index (χ3n) is 1.92. The van der Waals surface area contributed by atoms with Gasteiger partial charge in [0.05, 0.1) is 17.5 Å². The van der Waals surface area contributed by atoms with Gasteiger partial charge < -0.3 is 10.5 Å². The van der Waals surface area contributed by atoms with Crippen molar-refractivity contribution in [1.29, 1.82) is 0 Å². The van der Waals surface area contributed by atoms with Gasteiger partial charge in [-0.05, 0) is 25.8 Å². The number of nitrogen functional groups attached to an aromatic ring is 1. The highest BCUT2D eigenvalue weighted by atomic mass is 16.5. The Morgan fingerprint density at radius 2 is 2.33 bits per heavy atom. The fourth-order valence-electron chi connectivity index (χ4n) is 1.08. The van der Waals surface area contributed by atoms with Crippen molar-refractivity contribution in [2.45, 2.75) is 25.9 Å². The number of nitrogens with zero attached hydrogens (tertiary/aromatic N) is 1. The molecular weight excluding hydrogens is 152 g/mol. The van der Waals surface area contributed by atoms with E-state index in [4.69, 9.17) is 10.5 Å². The zero-order valence-electron chi connectivity index (χ0n) is 7.08. The molecule has 0 unspecified atom stereocenters. The Morgan fingerprint density at radius 3 is 2.92 bits per heavy atom. The van der Waals surface area contributed by atoms with Crippen molar-refractivity contribution in [3.8, 4) is 5.75 Å². The quantitative estimate of drug-likeness (QED) is 0.720. The maximum absolute atomic E-state index is 5.73. The fourth-order valence-corrected chi connectivity index (χ4v) is 1.08. The van der Waals surface area contributed by atoms with Crippen LogP contribution in [-0.4, -0.2) is 11.1 Å². The molecule has 1 saturated carbocycles. The first-order valence-corrected chi connectivity index (χ1v) is 4.15. The van der Waals surface area contributed by atoms with E-state index in [9.17, 15) is 0 Å². The fraction of sp³-hybridized carbons (Fsp3) is 0.444. The van der Waals surface area contributed by atoms with Crippen LogP contribution in [0.1, 0.15) is 18.5 Å². The summed E-state index contributed by atoms with van der Waals surface area (Å²) in [7, 11) is 0. The lowest BCUT2D eigenvalue weighted by Crippen LogP contribution is -2.02. The average Bonchev–Trinajstić information content (AvgIpc) is 2.80. The molecule has 64 valence electrons. The number of pyridine rings is 1. The van der Waals surface area contributed by atoms with Crippen molar-refractivity contribution in [1.82, 2.24) is 4.98 Å². The number of hydrogen-bond acceptors (Lipinski definition) is 3. The maximum Gasteiger partial charge on any atom is 0.163 e. The maximum atomic E-state index is 5.73. The molecule has 1 heterocycles. The van der Waals surface area contributed by atoms with Crippen LogP contribution in [-0.2, 0) is 0 Å². The van der Waals surface area contributed by atoms with Crippen molar-refractivity contribution in [2.24, 2.45) is 0 Å². The van der Waals surface area contributed by atoms with Crippen LogP contribution in [0, 0.1) is 6.92 Å². The molecule has 1 aliphatic carbocycles. The van der Waals surface area contributed by atoms with Gasteiger partial charge in [-0.25, -0.2) is 0 Å². The molecule has 1 aromatic rings. The summed E-state index contributed by atoms with van der Waals surface area (Å²) < 4.78 is 5.60. The monoisotopic (exact) mass is 164 g/mol. The molecule has 0 aliphatic heterocycles. The zero-order chi connectivity index (χ0) is 8.55. The molecule has 3 heteroatoms. The predicted octanol–water partition coefficient (Wildman–Crippen LogP) is 1.51. The van der Waals surface area contributed by atoms with E-state index < -0.39 is 0 Å². The average molecular weight is 164 g/mol. The van der Waals surface area contributed by atoms with Gasteiger partial charge in [-0.1, -0.05) is 0 Å². The Hall–Kier alpha value is -1.25. The summed E-state index contributed by atoms with van der Waals surface area (Å²) in [6.45, 7) is 1.91. The van der Waals surface area contributed by atoms with E-state index in [0.717, 1.165) is 24.3 Å². The van der Waals surface area contributed by atoms with Crippen LogP contribution < -0.4 is 10.5 Å². The number of nitrogens with two attached hydrogens (primary N) is 1. The molecule has 0 spiro atoms. The van der Waals surface area contributed by atoms with Crippen LogP contribution in [0.4, 0.5) is 5.69 Å². The second-order valence-electron chi connectivity index (χ2n) is 3.13. The SMILES string of the molecule is Cc1nccc(N)c1OC1CC1. The first-order valence-electron chi connectivity index (χ1n) is 4.15. The van der Waals surface area contributed by atoms with Crippen molar-refractivity contribution >= 4 is 5.69 Å². The van der Waals surface area contributed by atoms with Crippen molar-refractivity contribution in [2.75, 3.05) is 5.73 Å². The molecule has 1 fully saturated rings. The first kappa shape index (κ1) is 7.40. The zero-order valence-corrected chi connectivity index (χ0v) is 7.08. The first-order chi connectivity index (χ1) is 5.77. The number of hydrogen-bond donors (Lipinski definition) is 1. The smallest absolute Gasteiger partial charge is 0.163 e. The van der Waals surface area contributed by atoms with Gasteiger partial charge in [-0.2, -0.15) is 0 Å². The van der Waals surface area contributed by atoms with Gasteiger partial charge in [0.2, 0.25) is 0 Å². The highest BCUT2D eigenvalue weighted by Crippen LogP contribution is 2.31. The Kier molecular flexibility index (Phi) is 1.64. The van der Waals surface area contributed by atoms with E-state index in [-0.39, 0.29) is 0 Å². The Morgan fingerprint density at radius 1 is 1.58 bits per heavy atom. The summed E-state index contributed by atoms with van der Waals surface area (Å²) >= 11 is 0. The molecule has 2 N–H and O–H groups in total. The Labute approximate surface area is 71.6 Å². The van der Waals surface area contributed by atoms with E-state index in [0.29, 0.717) is 11.8 Å². The minimum atomic E-state index is 0.384. The molecule has 0 saturated heterocycles. The number of aromatic nitrogens is 1. The van der Waals surface area contributed by atoms with Crippen molar-refractivity contribution < 1.29 is 4.74 Å². The lowest BCUT2D eigenvalue weighted by atomic mass is 10.3. The molecule has 0 amide bonds. The normalized spacial score (nSPS) is 16.1.